The van der Waals surface area contributed by atoms with Gasteiger partial charge < -0.3 is 4.42 Å². The topological polar surface area (TPSA) is 26.0 Å². The van der Waals surface area contributed by atoms with Gasteiger partial charge in [0.15, 0.2) is 5.89 Å². The third-order valence-corrected chi connectivity index (χ3v) is 0.969. The number of hydrogen-bond acceptors (Lipinski definition) is 2. The van der Waals surface area contributed by atoms with Gasteiger partial charge in [-0.2, -0.15) is 0 Å². The number of aromatic nitrogens is 1. The molecule has 1 aromatic rings. The average molecular weight is 139 g/mol. The molecule has 56 valence electrons. The van der Waals surface area contributed by atoms with E-state index in [1.165, 1.54) is 0 Å². The van der Waals surface area contributed by atoms with Crippen molar-refractivity contribution in [1.29, 1.82) is 0 Å². The lowest BCUT2D eigenvalue weighted by molar-refractivity contribution is 0.501. The van der Waals surface area contributed by atoms with Crippen molar-refractivity contribution in [2.45, 2.75) is 20.3 Å². The zero-order valence-corrected chi connectivity index (χ0v) is 6.55. The van der Waals surface area contributed by atoms with E-state index in [1.807, 2.05) is 13.8 Å². The van der Waals surface area contributed by atoms with Crippen LogP contribution in [0.25, 0.3) is 0 Å². The van der Waals surface area contributed by atoms with Gasteiger partial charge in [0.05, 0.1) is 5.69 Å². The zero-order chi connectivity index (χ0) is 7.98. The summed E-state index contributed by atoms with van der Waals surface area (Å²) in [6.45, 7) is 9.94. The van der Waals surface area contributed by atoms with Crippen LogP contribution in [0.4, 0.5) is 0 Å². The second kappa shape index (κ2) is 4.79. The van der Waals surface area contributed by atoms with E-state index in [2.05, 4.69) is 18.1 Å². The Kier molecular flexibility index (Phi) is 4.29. The summed E-state index contributed by atoms with van der Waals surface area (Å²) in [6.07, 6.45) is 2.55. The molecule has 0 saturated heterocycles. The molecule has 0 N–H and O–H groups in total. The van der Waals surface area contributed by atoms with E-state index < -0.39 is 0 Å². The predicted molar refractivity (Wildman–Crippen MR) is 41.9 cm³/mol. The average Bonchev–Trinajstić information content (AvgIpc) is 2.40. The molecule has 0 aromatic carbocycles. The molecular weight excluding hydrogens is 126 g/mol. The molecule has 1 rings (SSSR count). The quantitative estimate of drug-likeness (QED) is 0.558. The first kappa shape index (κ1) is 8.95. The molecule has 2 heteroatoms. The van der Waals surface area contributed by atoms with E-state index in [-0.39, 0.29) is 0 Å². The van der Waals surface area contributed by atoms with Crippen molar-refractivity contribution >= 4 is 0 Å². The summed E-state index contributed by atoms with van der Waals surface area (Å²) in [4.78, 5) is 4.06. The molecule has 0 aliphatic rings. The lowest BCUT2D eigenvalue weighted by Gasteiger charge is -1.78. The lowest BCUT2D eigenvalue weighted by Crippen LogP contribution is -1.76. The van der Waals surface area contributed by atoms with E-state index in [0.717, 1.165) is 18.0 Å². The van der Waals surface area contributed by atoms with Crippen molar-refractivity contribution < 1.29 is 4.42 Å². The smallest absolute Gasteiger partial charge is 0.193 e. The van der Waals surface area contributed by atoms with Crippen LogP contribution in [0, 0.1) is 6.92 Å². The molecule has 10 heavy (non-hydrogen) atoms. The standard InChI is InChI=1S/C6H9NO.C2H4/c1-3-6-7-5(2)4-8-6;1-2/h4H,3H2,1-2H3;1-2H2. The van der Waals surface area contributed by atoms with Crippen LogP contribution in [0.15, 0.2) is 23.8 Å². The van der Waals surface area contributed by atoms with Crippen LogP contribution in [0.2, 0.25) is 0 Å². The summed E-state index contributed by atoms with van der Waals surface area (Å²) >= 11 is 0. The fourth-order valence-electron chi connectivity index (χ4n) is 0.565. The minimum atomic E-state index is 0.822. The van der Waals surface area contributed by atoms with Crippen molar-refractivity contribution in [2.75, 3.05) is 0 Å². The molecule has 2 nitrogen and oxygen atoms in total. The van der Waals surface area contributed by atoms with E-state index in [9.17, 15) is 0 Å². The summed E-state index contributed by atoms with van der Waals surface area (Å²) in [7, 11) is 0. The van der Waals surface area contributed by atoms with Crippen molar-refractivity contribution in [3.05, 3.63) is 31.0 Å². The van der Waals surface area contributed by atoms with Crippen molar-refractivity contribution in [3.8, 4) is 0 Å². The maximum absolute atomic E-state index is 5.00. The summed E-state index contributed by atoms with van der Waals surface area (Å²) < 4.78 is 5.00. The Morgan fingerprint density at radius 2 is 2.20 bits per heavy atom. The van der Waals surface area contributed by atoms with Crippen molar-refractivity contribution in [3.63, 3.8) is 0 Å². The van der Waals surface area contributed by atoms with Crippen molar-refractivity contribution in [2.24, 2.45) is 0 Å². The van der Waals surface area contributed by atoms with Crippen LogP contribution in [-0.4, -0.2) is 4.98 Å². The molecule has 0 aliphatic carbocycles. The largest absolute Gasteiger partial charge is 0.449 e. The van der Waals surface area contributed by atoms with Crippen LogP contribution in [0.5, 0.6) is 0 Å². The maximum Gasteiger partial charge on any atom is 0.193 e. The van der Waals surface area contributed by atoms with Gasteiger partial charge in [0.1, 0.15) is 6.26 Å². The van der Waals surface area contributed by atoms with E-state index in [0.29, 0.717) is 0 Å². The Balaban J connectivity index is 0.000000371. The molecule has 1 aromatic heterocycles. The number of rotatable bonds is 1. The Morgan fingerprint density at radius 1 is 1.60 bits per heavy atom. The number of nitrogens with zero attached hydrogens (tertiary/aromatic N) is 1. The number of oxazole rings is 1. The predicted octanol–water partition coefficient (Wildman–Crippen LogP) is 2.35. The zero-order valence-electron chi connectivity index (χ0n) is 6.55. The lowest BCUT2D eigenvalue weighted by atomic mass is 10.5. The van der Waals surface area contributed by atoms with E-state index in [1.54, 1.807) is 6.26 Å². The summed E-state index contributed by atoms with van der Waals surface area (Å²) in [5.74, 6) is 0.822. The third-order valence-electron chi connectivity index (χ3n) is 0.969. The molecule has 0 atom stereocenters. The Bertz CT molecular complexity index is 181. The second-order valence-electron chi connectivity index (χ2n) is 1.74. The van der Waals surface area contributed by atoms with E-state index >= 15 is 0 Å². The molecular formula is C8H13NO. The molecule has 0 unspecified atom stereocenters. The molecule has 0 fully saturated rings. The summed E-state index contributed by atoms with van der Waals surface area (Å²) in [5.41, 5.74) is 0.960. The van der Waals surface area contributed by atoms with Gasteiger partial charge >= 0.3 is 0 Å². The van der Waals surface area contributed by atoms with Gasteiger partial charge in [0, 0.05) is 6.42 Å². The first-order valence-electron chi connectivity index (χ1n) is 3.24. The summed E-state index contributed by atoms with van der Waals surface area (Å²) in [6, 6.07) is 0. The Hall–Kier alpha value is -1.05. The molecule has 0 spiro atoms. The highest BCUT2D eigenvalue weighted by atomic mass is 16.3. The molecule has 0 amide bonds. The minimum Gasteiger partial charge on any atom is -0.449 e. The van der Waals surface area contributed by atoms with E-state index in [4.69, 9.17) is 4.42 Å². The van der Waals surface area contributed by atoms with Crippen LogP contribution in [0.1, 0.15) is 18.5 Å². The molecule has 0 radical (unpaired) electrons. The highest BCUT2D eigenvalue weighted by Gasteiger charge is 1.93. The van der Waals surface area contributed by atoms with Gasteiger partial charge in [-0.05, 0) is 6.92 Å². The highest BCUT2D eigenvalue weighted by molar-refractivity contribution is 4.91. The molecule has 0 aliphatic heterocycles. The normalized spacial score (nSPS) is 8.20. The second-order valence-corrected chi connectivity index (χ2v) is 1.74. The molecule has 0 saturated carbocycles. The number of hydrogen-bond donors (Lipinski definition) is 0. The Morgan fingerprint density at radius 3 is 2.40 bits per heavy atom. The monoisotopic (exact) mass is 139 g/mol. The third kappa shape index (κ3) is 2.49. The first-order chi connectivity index (χ1) is 4.83. The Labute approximate surface area is 61.6 Å². The van der Waals surface area contributed by atoms with Crippen LogP contribution in [-0.2, 0) is 6.42 Å². The number of aryl methyl sites for hydroxylation is 2. The minimum absolute atomic E-state index is 0.822. The van der Waals surface area contributed by atoms with Crippen LogP contribution in [0.3, 0.4) is 0 Å². The fraction of sp³-hybridized carbons (Fsp3) is 0.375. The fourth-order valence-corrected chi connectivity index (χ4v) is 0.565. The van der Waals surface area contributed by atoms with Gasteiger partial charge in [0.25, 0.3) is 0 Å². The molecule has 0 bridgehead atoms. The first-order valence-corrected chi connectivity index (χ1v) is 3.24. The van der Waals surface area contributed by atoms with Crippen LogP contribution < -0.4 is 0 Å². The molecule has 1 heterocycles. The van der Waals surface area contributed by atoms with Gasteiger partial charge in [-0.15, -0.1) is 13.2 Å². The highest BCUT2D eigenvalue weighted by Crippen LogP contribution is 1.99. The van der Waals surface area contributed by atoms with Gasteiger partial charge in [0.2, 0.25) is 0 Å². The van der Waals surface area contributed by atoms with Crippen molar-refractivity contribution in [1.82, 2.24) is 4.98 Å². The van der Waals surface area contributed by atoms with Crippen LogP contribution >= 0.6 is 0 Å². The maximum atomic E-state index is 5.00. The van der Waals surface area contributed by atoms with Gasteiger partial charge in [-0.3, -0.25) is 0 Å². The van der Waals surface area contributed by atoms with Gasteiger partial charge in [-0.25, -0.2) is 4.98 Å². The van der Waals surface area contributed by atoms with Gasteiger partial charge in [-0.1, -0.05) is 6.92 Å². The summed E-state index contributed by atoms with van der Waals surface area (Å²) in [5, 5.41) is 0. The SMILES string of the molecule is C=C.CCc1nc(C)co1.